The second kappa shape index (κ2) is 6.12. The molecule has 0 fully saturated rings. The molecule has 0 spiro atoms. The molecule has 0 atom stereocenters. The minimum Gasteiger partial charge on any atom is -0.490 e. The fourth-order valence-corrected chi connectivity index (χ4v) is 1.34. The highest BCUT2D eigenvalue weighted by Gasteiger charge is 2.35. The second-order valence-corrected chi connectivity index (χ2v) is 3.66. The Labute approximate surface area is 104 Å². The van der Waals surface area contributed by atoms with Gasteiger partial charge in [0, 0.05) is 12.1 Å². The summed E-state index contributed by atoms with van der Waals surface area (Å²) in [7, 11) is 0. The molecule has 17 heavy (non-hydrogen) atoms. The van der Waals surface area contributed by atoms with E-state index >= 15 is 0 Å². The number of rotatable bonds is 3. The van der Waals surface area contributed by atoms with Gasteiger partial charge in [-0.3, -0.25) is 0 Å². The van der Waals surface area contributed by atoms with Crippen LogP contribution in [0.4, 0.5) is 13.2 Å². The monoisotopic (exact) mass is 269 g/mol. The lowest BCUT2D eigenvalue weighted by Crippen LogP contribution is -2.15. The van der Waals surface area contributed by atoms with Crippen molar-refractivity contribution in [3.8, 4) is 5.75 Å². The van der Waals surface area contributed by atoms with Crippen LogP contribution in [0.15, 0.2) is 18.2 Å². The molecule has 0 aliphatic heterocycles. The van der Waals surface area contributed by atoms with Crippen LogP contribution in [0, 0.1) is 0 Å². The van der Waals surface area contributed by atoms with Crippen LogP contribution in [0.5, 0.6) is 5.75 Å². The molecule has 0 aliphatic carbocycles. The van der Waals surface area contributed by atoms with Gasteiger partial charge in [0.05, 0.1) is 11.7 Å². The van der Waals surface area contributed by atoms with Crippen molar-refractivity contribution in [1.29, 1.82) is 0 Å². The highest BCUT2D eigenvalue weighted by Crippen LogP contribution is 2.38. The van der Waals surface area contributed by atoms with Gasteiger partial charge in [0.2, 0.25) is 0 Å². The lowest BCUT2D eigenvalue weighted by Gasteiger charge is -2.18. The third-order valence-corrected chi connectivity index (χ3v) is 1.98. The van der Waals surface area contributed by atoms with Gasteiger partial charge >= 0.3 is 6.18 Å². The molecule has 2 nitrogen and oxygen atoms in total. The molecule has 1 aromatic carbocycles. The maximum absolute atomic E-state index is 12.7. The Hall–Kier alpha value is -0.940. The van der Waals surface area contributed by atoms with Crippen LogP contribution in [0.1, 0.15) is 25.0 Å². The van der Waals surface area contributed by atoms with Crippen LogP contribution in [0.2, 0.25) is 0 Å². The summed E-state index contributed by atoms with van der Waals surface area (Å²) in [4.78, 5) is 0. The van der Waals surface area contributed by atoms with Crippen LogP contribution in [0.3, 0.4) is 0 Å². The Morgan fingerprint density at radius 3 is 2.29 bits per heavy atom. The average molecular weight is 270 g/mol. The zero-order chi connectivity index (χ0) is 12.3. The Kier molecular flexibility index (Phi) is 5.78. The van der Waals surface area contributed by atoms with Gasteiger partial charge in [-0.2, -0.15) is 13.2 Å². The van der Waals surface area contributed by atoms with E-state index in [0.29, 0.717) is 5.56 Å². The van der Waals surface area contributed by atoms with E-state index in [9.17, 15) is 13.2 Å². The number of ether oxygens (including phenoxy) is 1. The maximum atomic E-state index is 12.7. The van der Waals surface area contributed by atoms with E-state index in [1.165, 1.54) is 12.1 Å². The number of nitrogens with two attached hydrogens (primary N) is 1. The second-order valence-electron chi connectivity index (χ2n) is 3.66. The summed E-state index contributed by atoms with van der Waals surface area (Å²) in [6.45, 7) is 3.37. The molecule has 1 rings (SSSR count). The van der Waals surface area contributed by atoms with Crippen molar-refractivity contribution in [2.24, 2.45) is 5.73 Å². The molecule has 0 aliphatic rings. The summed E-state index contributed by atoms with van der Waals surface area (Å²) in [5.74, 6) is -0.160. The molecule has 0 bridgehead atoms. The molecule has 98 valence electrons. The van der Waals surface area contributed by atoms with Gasteiger partial charge in [-0.25, -0.2) is 0 Å². The van der Waals surface area contributed by atoms with E-state index in [-0.39, 0.29) is 30.8 Å². The lowest BCUT2D eigenvalue weighted by molar-refractivity contribution is -0.139. The highest BCUT2D eigenvalue weighted by atomic mass is 35.5. The van der Waals surface area contributed by atoms with Gasteiger partial charge in [0.1, 0.15) is 5.75 Å². The van der Waals surface area contributed by atoms with Crippen molar-refractivity contribution in [3.05, 3.63) is 29.3 Å². The summed E-state index contributed by atoms with van der Waals surface area (Å²) < 4.78 is 43.3. The zero-order valence-corrected chi connectivity index (χ0v) is 10.4. The van der Waals surface area contributed by atoms with Gasteiger partial charge in [0.25, 0.3) is 0 Å². The predicted octanol–water partition coefficient (Wildman–Crippen LogP) is 3.37. The fraction of sp³-hybridized carbons (Fsp3) is 0.455. The molecule has 0 amide bonds. The quantitative estimate of drug-likeness (QED) is 0.913. The molecule has 2 N–H and O–H groups in total. The van der Waals surface area contributed by atoms with Crippen molar-refractivity contribution in [2.45, 2.75) is 32.7 Å². The third-order valence-electron chi connectivity index (χ3n) is 1.98. The van der Waals surface area contributed by atoms with Crippen molar-refractivity contribution >= 4 is 12.4 Å². The van der Waals surface area contributed by atoms with E-state index in [2.05, 4.69) is 0 Å². The maximum Gasteiger partial charge on any atom is 0.419 e. The first kappa shape index (κ1) is 16.1. The largest absolute Gasteiger partial charge is 0.490 e. The summed E-state index contributed by atoms with van der Waals surface area (Å²) >= 11 is 0. The van der Waals surface area contributed by atoms with Gasteiger partial charge in [-0.1, -0.05) is 12.1 Å². The first-order valence-corrected chi connectivity index (χ1v) is 4.92. The van der Waals surface area contributed by atoms with Crippen molar-refractivity contribution in [2.75, 3.05) is 0 Å². The molecule has 0 aromatic heterocycles. The number of alkyl halides is 3. The zero-order valence-electron chi connectivity index (χ0n) is 9.54. The molecule has 1 aromatic rings. The topological polar surface area (TPSA) is 35.2 Å². The Morgan fingerprint density at radius 2 is 1.88 bits per heavy atom. The summed E-state index contributed by atoms with van der Waals surface area (Å²) in [5.41, 5.74) is 4.98. The normalized spacial score (nSPS) is 11.2. The van der Waals surface area contributed by atoms with E-state index in [1.807, 2.05) is 0 Å². The lowest BCUT2D eigenvalue weighted by atomic mass is 10.1. The van der Waals surface area contributed by atoms with Crippen LogP contribution in [-0.4, -0.2) is 6.10 Å². The Bertz CT molecular complexity index is 366. The molecule has 6 heteroatoms. The van der Waals surface area contributed by atoms with Crippen LogP contribution in [-0.2, 0) is 12.7 Å². The van der Waals surface area contributed by atoms with Crippen LogP contribution in [0.25, 0.3) is 0 Å². The molecule has 0 heterocycles. The van der Waals surface area contributed by atoms with Gasteiger partial charge in [0.15, 0.2) is 0 Å². The summed E-state index contributed by atoms with van der Waals surface area (Å²) in [6.07, 6.45) is -4.75. The number of benzene rings is 1. The van der Waals surface area contributed by atoms with Gasteiger partial charge < -0.3 is 10.5 Å². The molecule has 0 unspecified atom stereocenters. The van der Waals surface area contributed by atoms with Crippen molar-refractivity contribution < 1.29 is 17.9 Å². The Morgan fingerprint density at radius 1 is 1.29 bits per heavy atom. The molecule has 0 saturated heterocycles. The number of hydrogen-bond donors (Lipinski definition) is 1. The highest BCUT2D eigenvalue weighted by molar-refractivity contribution is 5.85. The van der Waals surface area contributed by atoms with E-state index in [1.54, 1.807) is 13.8 Å². The van der Waals surface area contributed by atoms with Gasteiger partial charge in [-0.05, 0) is 19.9 Å². The third kappa shape index (κ3) is 4.09. The minimum atomic E-state index is -4.42. The van der Waals surface area contributed by atoms with Crippen LogP contribution >= 0.6 is 12.4 Å². The SMILES string of the molecule is CC(C)Oc1c(CN)cccc1C(F)(F)F.Cl. The summed E-state index contributed by atoms with van der Waals surface area (Å²) in [5, 5.41) is 0. The smallest absolute Gasteiger partial charge is 0.419 e. The average Bonchev–Trinajstić information content (AvgIpc) is 2.15. The fourth-order valence-electron chi connectivity index (χ4n) is 1.34. The first-order chi connectivity index (χ1) is 7.36. The van der Waals surface area contributed by atoms with Crippen LogP contribution < -0.4 is 10.5 Å². The summed E-state index contributed by atoms with van der Waals surface area (Å²) in [6, 6.07) is 3.86. The molecular weight excluding hydrogens is 255 g/mol. The minimum absolute atomic E-state index is 0. The van der Waals surface area contributed by atoms with Crippen molar-refractivity contribution in [3.63, 3.8) is 0 Å². The molecule has 0 radical (unpaired) electrons. The molecular formula is C11H15ClF3NO. The standard InChI is InChI=1S/C11H14F3NO.ClH/c1-7(2)16-10-8(6-15)4-3-5-9(10)11(12,13)14;/h3-5,7H,6,15H2,1-2H3;1H. The number of para-hydroxylation sites is 1. The predicted molar refractivity (Wildman–Crippen MR) is 62.3 cm³/mol. The van der Waals surface area contributed by atoms with E-state index in [4.69, 9.17) is 10.5 Å². The number of hydrogen-bond acceptors (Lipinski definition) is 2. The van der Waals surface area contributed by atoms with E-state index < -0.39 is 11.7 Å². The number of halogens is 4. The molecule has 0 saturated carbocycles. The van der Waals surface area contributed by atoms with Crippen molar-refractivity contribution in [1.82, 2.24) is 0 Å². The first-order valence-electron chi connectivity index (χ1n) is 4.92. The van der Waals surface area contributed by atoms with E-state index in [0.717, 1.165) is 6.07 Å². The Balaban J connectivity index is 0.00000256. The van der Waals surface area contributed by atoms with Gasteiger partial charge in [-0.15, -0.1) is 12.4 Å².